The number of rotatable bonds is 4. The lowest BCUT2D eigenvalue weighted by Crippen LogP contribution is -2.47. The molecule has 1 unspecified atom stereocenters. The van der Waals surface area contributed by atoms with Gasteiger partial charge in [0.05, 0.1) is 12.7 Å². The number of likely N-dealkylation sites (tertiary alicyclic amines) is 1. The minimum Gasteiger partial charge on any atom is -0.507 e. The van der Waals surface area contributed by atoms with Gasteiger partial charge in [0.2, 0.25) is 0 Å². The van der Waals surface area contributed by atoms with Crippen LogP contribution in [0.3, 0.4) is 0 Å². The lowest BCUT2D eigenvalue weighted by molar-refractivity contribution is 0.0692. The molecule has 1 aliphatic heterocycles. The number of methoxy groups -OCH3 is 1. The fraction of sp³-hybridized carbons (Fsp3) is 0.533. The second-order valence-electron chi connectivity index (χ2n) is 5.03. The Balaban J connectivity index is 2.14. The first-order valence-corrected chi connectivity index (χ1v) is 7.05. The molecular formula is C15H22N2O3. The highest BCUT2D eigenvalue weighted by Crippen LogP contribution is 2.25. The Morgan fingerprint density at radius 1 is 1.55 bits per heavy atom. The summed E-state index contributed by atoms with van der Waals surface area (Å²) in [6.45, 7) is 4.38. The van der Waals surface area contributed by atoms with Gasteiger partial charge in [-0.3, -0.25) is 4.79 Å². The summed E-state index contributed by atoms with van der Waals surface area (Å²) in [5, 5.41) is 13.3. The molecule has 2 rings (SSSR count). The van der Waals surface area contributed by atoms with Crippen LogP contribution >= 0.6 is 0 Å². The molecule has 2 N–H and O–H groups in total. The van der Waals surface area contributed by atoms with E-state index in [1.54, 1.807) is 24.1 Å². The number of hydrogen-bond acceptors (Lipinski definition) is 4. The van der Waals surface area contributed by atoms with Crippen molar-refractivity contribution in [1.82, 2.24) is 10.2 Å². The number of phenols is 1. The maximum absolute atomic E-state index is 12.5. The number of ether oxygens (including phenoxy) is 1. The van der Waals surface area contributed by atoms with E-state index in [0.717, 1.165) is 25.9 Å². The molecule has 5 heteroatoms. The van der Waals surface area contributed by atoms with Crippen molar-refractivity contribution in [2.75, 3.05) is 26.7 Å². The van der Waals surface area contributed by atoms with Crippen LogP contribution in [0.4, 0.5) is 0 Å². The van der Waals surface area contributed by atoms with Gasteiger partial charge in [-0.2, -0.15) is 0 Å². The fourth-order valence-corrected chi connectivity index (χ4v) is 2.60. The van der Waals surface area contributed by atoms with Gasteiger partial charge in [0, 0.05) is 19.1 Å². The Kier molecular flexibility index (Phi) is 4.84. The van der Waals surface area contributed by atoms with Crippen LogP contribution in [0, 0.1) is 0 Å². The number of aromatic hydroxyl groups is 1. The minimum absolute atomic E-state index is 0.00127. The highest BCUT2D eigenvalue weighted by molar-refractivity contribution is 5.97. The highest BCUT2D eigenvalue weighted by atomic mass is 16.5. The van der Waals surface area contributed by atoms with Crippen LogP contribution in [0.25, 0.3) is 0 Å². The lowest BCUT2D eigenvalue weighted by Gasteiger charge is -2.33. The van der Waals surface area contributed by atoms with Gasteiger partial charge in [0.1, 0.15) is 11.5 Å². The van der Waals surface area contributed by atoms with E-state index in [1.807, 2.05) is 0 Å². The number of amides is 1. The molecule has 0 aromatic heterocycles. The van der Waals surface area contributed by atoms with E-state index in [2.05, 4.69) is 12.2 Å². The standard InChI is InChI=1S/C15H22N2O3/c1-3-16-11-5-4-8-17(10-11)15(19)13-9-12(20-2)6-7-14(13)18/h6-7,9,11,16,18H,3-5,8,10H2,1-2H3. The van der Waals surface area contributed by atoms with Gasteiger partial charge in [-0.05, 0) is 37.6 Å². The third-order valence-electron chi connectivity index (χ3n) is 3.64. The summed E-state index contributed by atoms with van der Waals surface area (Å²) in [6.07, 6.45) is 2.07. The molecule has 1 heterocycles. The first-order valence-electron chi connectivity index (χ1n) is 7.05. The van der Waals surface area contributed by atoms with Crippen LogP contribution in [0.5, 0.6) is 11.5 Å². The van der Waals surface area contributed by atoms with E-state index in [4.69, 9.17) is 4.74 Å². The lowest BCUT2D eigenvalue weighted by atomic mass is 10.0. The van der Waals surface area contributed by atoms with E-state index >= 15 is 0 Å². The fourth-order valence-electron chi connectivity index (χ4n) is 2.60. The Morgan fingerprint density at radius 3 is 3.05 bits per heavy atom. The van der Waals surface area contributed by atoms with Crippen LogP contribution in [0.1, 0.15) is 30.1 Å². The monoisotopic (exact) mass is 278 g/mol. The van der Waals surface area contributed by atoms with Gasteiger partial charge in [-0.1, -0.05) is 6.92 Å². The van der Waals surface area contributed by atoms with Gasteiger partial charge in [0.15, 0.2) is 0 Å². The molecule has 1 fully saturated rings. The summed E-state index contributed by atoms with van der Waals surface area (Å²) < 4.78 is 5.11. The summed E-state index contributed by atoms with van der Waals surface area (Å²) in [4.78, 5) is 14.3. The third kappa shape index (κ3) is 3.22. The van der Waals surface area contributed by atoms with Crippen molar-refractivity contribution >= 4 is 5.91 Å². The SMILES string of the molecule is CCNC1CCCN(C(=O)c2cc(OC)ccc2O)C1. The van der Waals surface area contributed by atoms with Crippen LogP contribution in [0.2, 0.25) is 0 Å². The van der Waals surface area contributed by atoms with Gasteiger partial charge in [-0.25, -0.2) is 0 Å². The summed E-state index contributed by atoms with van der Waals surface area (Å²) in [6, 6.07) is 5.07. The summed E-state index contributed by atoms with van der Waals surface area (Å²) >= 11 is 0. The Bertz CT molecular complexity index is 474. The number of nitrogens with one attached hydrogen (secondary N) is 1. The molecule has 5 nitrogen and oxygen atoms in total. The van der Waals surface area contributed by atoms with E-state index in [-0.39, 0.29) is 11.7 Å². The molecule has 1 atom stereocenters. The van der Waals surface area contributed by atoms with Crippen LogP contribution in [-0.2, 0) is 0 Å². The molecule has 110 valence electrons. The minimum atomic E-state index is -0.135. The van der Waals surface area contributed by atoms with Crippen molar-refractivity contribution in [3.63, 3.8) is 0 Å². The highest BCUT2D eigenvalue weighted by Gasteiger charge is 2.25. The van der Waals surface area contributed by atoms with Gasteiger partial charge in [-0.15, -0.1) is 0 Å². The van der Waals surface area contributed by atoms with Crippen molar-refractivity contribution < 1.29 is 14.6 Å². The number of likely N-dealkylation sites (N-methyl/N-ethyl adjacent to an activating group) is 1. The molecule has 1 aliphatic rings. The van der Waals surface area contributed by atoms with Crippen LogP contribution < -0.4 is 10.1 Å². The molecule has 0 bridgehead atoms. The van der Waals surface area contributed by atoms with E-state index in [9.17, 15) is 9.90 Å². The molecule has 20 heavy (non-hydrogen) atoms. The van der Waals surface area contributed by atoms with Crippen LogP contribution in [-0.4, -0.2) is 48.7 Å². The van der Waals surface area contributed by atoms with E-state index in [1.165, 1.54) is 6.07 Å². The van der Waals surface area contributed by atoms with Crippen LogP contribution in [0.15, 0.2) is 18.2 Å². The number of phenolic OH excluding ortho intramolecular Hbond substituents is 1. The Morgan fingerprint density at radius 2 is 2.35 bits per heavy atom. The Hall–Kier alpha value is -1.75. The molecule has 1 aromatic carbocycles. The average Bonchev–Trinajstić information content (AvgIpc) is 2.48. The molecule has 0 spiro atoms. The molecule has 1 aromatic rings. The number of benzene rings is 1. The zero-order valence-corrected chi connectivity index (χ0v) is 12.1. The number of carbonyl (C=O) groups is 1. The predicted octanol–water partition coefficient (Wildman–Crippen LogP) is 1.61. The van der Waals surface area contributed by atoms with Crippen molar-refractivity contribution in [2.45, 2.75) is 25.8 Å². The quantitative estimate of drug-likeness (QED) is 0.878. The third-order valence-corrected chi connectivity index (χ3v) is 3.64. The summed E-state index contributed by atoms with van der Waals surface area (Å²) in [5.41, 5.74) is 0.307. The van der Waals surface area contributed by atoms with Gasteiger partial charge >= 0.3 is 0 Å². The van der Waals surface area contributed by atoms with Gasteiger partial charge < -0.3 is 20.1 Å². The second kappa shape index (κ2) is 6.61. The van der Waals surface area contributed by atoms with Crippen molar-refractivity contribution in [1.29, 1.82) is 0 Å². The molecule has 0 radical (unpaired) electrons. The smallest absolute Gasteiger partial charge is 0.257 e. The van der Waals surface area contributed by atoms with Gasteiger partial charge in [0.25, 0.3) is 5.91 Å². The molecule has 1 saturated heterocycles. The Labute approximate surface area is 119 Å². The normalized spacial score (nSPS) is 18.9. The number of carbonyl (C=O) groups excluding carboxylic acids is 1. The molecule has 0 aliphatic carbocycles. The predicted molar refractivity (Wildman–Crippen MR) is 77.3 cm³/mol. The topological polar surface area (TPSA) is 61.8 Å². The maximum atomic E-state index is 12.5. The molecule has 1 amide bonds. The zero-order chi connectivity index (χ0) is 14.5. The average molecular weight is 278 g/mol. The molecular weight excluding hydrogens is 256 g/mol. The second-order valence-corrected chi connectivity index (χ2v) is 5.03. The summed E-state index contributed by atoms with van der Waals surface area (Å²) in [5.74, 6) is 0.441. The largest absolute Gasteiger partial charge is 0.507 e. The van der Waals surface area contributed by atoms with E-state index < -0.39 is 0 Å². The van der Waals surface area contributed by atoms with Crippen molar-refractivity contribution in [3.05, 3.63) is 23.8 Å². The first kappa shape index (κ1) is 14.7. The van der Waals surface area contributed by atoms with Crippen molar-refractivity contribution in [3.8, 4) is 11.5 Å². The number of nitrogens with zero attached hydrogens (tertiary/aromatic N) is 1. The van der Waals surface area contributed by atoms with E-state index in [0.29, 0.717) is 23.9 Å². The maximum Gasteiger partial charge on any atom is 0.257 e. The number of piperidine rings is 1. The summed E-state index contributed by atoms with van der Waals surface area (Å²) in [7, 11) is 1.54. The molecule has 0 saturated carbocycles. The first-order chi connectivity index (χ1) is 9.65. The van der Waals surface area contributed by atoms with Crippen molar-refractivity contribution in [2.24, 2.45) is 0 Å². The zero-order valence-electron chi connectivity index (χ0n) is 12.1. The number of hydrogen-bond donors (Lipinski definition) is 2.